The number of hydrogen-bond acceptors (Lipinski definition) is 3. The first-order valence-corrected chi connectivity index (χ1v) is 8.33. The molecule has 0 aromatic heterocycles. The van der Waals surface area contributed by atoms with E-state index in [9.17, 15) is 4.79 Å². The number of Topliss-reactive ketones (excluding diaryl/α,β-unsaturated/α-hetero) is 1. The molecule has 0 bridgehead atoms. The quantitative estimate of drug-likeness (QED) is 0.865. The highest BCUT2D eigenvalue weighted by Gasteiger charge is 2.30. The molecule has 2 N–H and O–H groups in total. The van der Waals surface area contributed by atoms with Crippen LogP contribution < -0.4 is 5.73 Å². The molecular formula is C18H20ClNOS. The molecule has 2 nitrogen and oxygen atoms in total. The summed E-state index contributed by atoms with van der Waals surface area (Å²) in [5.74, 6) is 0.999. The molecule has 0 amide bonds. The zero-order chi connectivity index (χ0) is 14.7. The topological polar surface area (TPSA) is 43.1 Å². The van der Waals surface area contributed by atoms with Gasteiger partial charge in [0.2, 0.25) is 0 Å². The molecular weight excluding hydrogens is 314 g/mol. The number of hydrogen-bond donors (Lipinski definition) is 1. The molecule has 22 heavy (non-hydrogen) atoms. The van der Waals surface area contributed by atoms with Gasteiger partial charge >= 0.3 is 0 Å². The van der Waals surface area contributed by atoms with E-state index in [0.29, 0.717) is 0 Å². The highest BCUT2D eigenvalue weighted by atomic mass is 35.5. The first kappa shape index (κ1) is 17.1. The number of fused-ring (bicyclic) bond motifs is 1. The van der Waals surface area contributed by atoms with Crippen molar-refractivity contribution in [3.8, 4) is 0 Å². The summed E-state index contributed by atoms with van der Waals surface area (Å²) in [6.07, 6.45) is 1.64. The molecule has 2 aromatic carbocycles. The van der Waals surface area contributed by atoms with Crippen LogP contribution in [0.2, 0.25) is 0 Å². The molecule has 0 saturated carbocycles. The number of thioether (sulfide) groups is 1. The number of halogens is 1. The van der Waals surface area contributed by atoms with Crippen LogP contribution in [0.4, 0.5) is 0 Å². The number of aryl methyl sites for hydroxylation is 1. The molecule has 0 fully saturated rings. The van der Waals surface area contributed by atoms with Gasteiger partial charge in [-0.15, -0.1) is 24.2 Å². The highest BCUT2D eigenvalue weighted by Crippen LogP contribution is 2.37. The molecule has 0 spiro atoms. The maximum absolute atomic E-state index is 12.6. The largest absolute Gasteiger partial charge is 0.321 e. The summed E-state index contributed by atoms with van der Waals surface area (Å²) in [5.41, 5.74) is 9.71. The summed E-state index contributed by atoms with van der Waals surface area (Å²) in [6, 6.07) is 18.2. The Hall–Kier alpha value is -1.29. The van der Waals surface area contributed by atoms with Crippen LogP contribution in [0.1, 0.15) is 28.4 Å². The second kappa shape index (κ2) is 7.82. The second-order valence-electron chi connectivity index (χ2n) is 5.42. The zero-order valence-electron chi connectivity index (χ0n) is 12.3. The van der Waals surface area contributed by atoms with Gasteiger partial charge in [-0.25, -0.2) is 0 Å². The van der Waals surface area contributed by atoms with Gasteiger partial charge in [0.25, 0.3) is 0 Å². The van der Waals surface area contributed by atoms with Crippen molar-refractivity contribution in [1.29, 1.82) is 0 Å². The SMILES string of the molecule is Cl.N[C@H]1CCc2ccccc2[C@H](SCc2ccccc2)C1=O. The van der Waals surface area contributed by atoms with E-state index in [2.05, 4.69) is 24.3 Å². The van der Waals surface area contributed by atoms with Gasteiger partial charge in [-0.3, -0.25) is 4.79 Å². The molecule has 0 unspecified atom stereocenters. The molecule has 0 saturated heterocycles. The van der Waals surface area contributed by atoms with Crippen LogP contribution in [-0.2, 0) is 17.0 Å². The molecule has 3 rings (SSSR count). The Kier molecular flexibility index (Phi) is 6.07. The van der Waals surface area contributed by atoms with E-state index < -0.39 is 0 Å². The highest BCUT2D eigenvalue weighted by molar-refractivity contribution is 7.99. The number of rotatable bonds is 3. The minimum absolute atomic E-state index is 0. The fraction of sp³-hybridized carbons (Fsp3) is 0.278. The Balaban J connectivity index is 0.00000176. The lowest BCUT2D eigenvalue weighted by molar-refractivity contribution is -0.119. The van der Waals surface area contributed by atoms with Gasteiger partial charge in [0, 0.05) is 5.75 Å². The fourth-order valence-corrected chi connectivity index (χ4v) is 4.04. The molecule has 1 aliphatic carbocycles. The molecule has 0 radical (unpaired) electrons. The Morgan fingerprint density at radius 2 is 1.73 bits per heavy atom. The normalized spacial score (nSPS) is 20.7. The number of nitrogens with two attached hydrogens (primary N) is 1. The van der Waals surface area contributed by atoms with Crippen molar-refractivity contribution in [2.24, 2.45) is 5.73 Å². The van der Waals surface area contributed by atoms with E-state index in [-0.39, 0.29) is 29.5 Å². The lowest BCUT2D eigenvalue weighted by Gasteiger charge is -2.18. The van der Waals surface area contributed by atoms with E-state index in [1.54, 1.807) is 11.8 Å². The molecule has 2 atom stereocenters. The van der Waals surface area contributed by atoms with Crippen LogP contribution in [0.15, 0.2) is 54.6 Å². The van der Waals surface area contributed by atoms with Crippen LogP contribution in [-0.4, -0.2) is 11.8 Å². The van der Waals surface area contributed by atoms with Gasteiger partial charge < -0.3 is 5.73 Å². The van der Waals surface area contributed by atoms with E-state index in [1.165, 1.54) is 11.1 Å². The van der Waals surface area contributed by atoms with Gasteiger partial charge in [-0.2, -0.15) is 0 Å². The maximum Gasteiger partial charge on any atom is 0.166 e. The van der Waals surface area contributed by atoms with Crippen molar-refractivity contribution in [2.75, 3.05) is 0 Å². The van der Waals surface area contributed by atoms with Crippen LogP contribution in [0.5, 0.6) is 0 Å². The van der Waals surface area contributed by atoms with E-state index in [1.807, 2.05) is 30.3 Å². The molecule has 0 heterocycles. The second-order valence-corrected chi connectivity index (χ2v) is 6.52. The Bertz CT molecular complexity index is 632. The summed E-state index contributed by atoms with van der Waals surface area (Å²) in [7, 11) is 0. The Labute approximate surface area is 141 Å². The molecule has 2 aromatic rings. The van der Waals surface area contributed by atoms with Gasteiger partial charge in [0.1, 0.15) is 0 Å². The first-order chi connectivity index (χ1) is 10.3. The van der Waals surface area contributed by atoms with Crippen LogP contribution >= 0.6 is 24.2 Å². The molecule has 4 heteroatoms. The number of carbonyl (C=O) groups is 1. The number of ketones is 1. The monoisotopic (exact) mass is 333 g/mol. The van der Waals surface area contributed by atoms with Crippen LogP contribution in [0.25, 0.3) is 0 Å². The predicted molar refractivity (Wildman–Crippen MR) is 95.5 cm³/mol. The fourth-order valence-electron chi connectivity index (χ4n) is 2.74. The molecule has 0 aliphatic heterocycles. The predicted octanol–water partition coefficient (Wildman–Crippen LogP) is 3.93. The third kappa shape index (κ3) is 3.72. The van der Waals surface area contributed by atoms with Crippen molar-refractivity contribution < 1.29 is 4.79 Å². The minimum atomic E-state index is -0.342. The Morgan fingerprint density at radius 1 is 1.05 bits per heavy atom. The van der Waals surface area contributed by atoms with Gasteiger partial charge in [-0.05, 0) is 29.5 Å². The lowest BCUT2D eigenvalue weighted by atomic mass is 10.0. The van der Waals surface area contributed by atoms with E-state index >= 15 is 0 Å². The lowest BCUT2D eigenvalue weighted by Crippen LogP contribution is -2.32. The van der Waals surface area contributed by atoms with Crippen molar-refractivity contribution in [3.63, 3.8) is 0 Å². The summed E-state index contributed by atoms with van der Waals surface area (Å²) in [6.45, 7) is 0. The van der Waals surface area contributed by atoms with Crippen molar-refractivity contribution in [3.05, 3.63) is 71.3 Å². The van der Waals surface area contributed by atoms with Gasteiger partial charge in [-0.1, -0.05) is 54.6 Å². The number of benzene rings is 2. The zero-order valence-corrected chi connectivity index (χ0v) is 13.9. The summed E-state index contributed by atoms with van der Waals surface area (Å²) < 4.78 is 0. The first-order valence-electron chi connectivity index (χ1n) is 7.28. The average molecular weight is 334 g/mol. The summed E-state index contributed by atoms with van der Waals surface area (Å²) >= 11 is 1.69. The Morgan fingerprint density at radius 3 is 2.50 bits per heavy atom. The van der Waals surface area contributed by atoms with Crippen LogP contribution in [0.3, 0.4) is 0 Å². The minimum Gasteiger partial charge on any atom is -0.321 e. The third-order valence-electron chi connectivity index (χ3n) is 3.95. The van der Waals surface area contributed by atoms with Gasteiger partial charge in [0.15, 0.2) is 5.78 Å². The molecule has 1 aliphatic rings. The third-order valence-corrected chi connectivity index (χ3v) is 5.27. The average Bonchev–Trinajstić information content (AvgIpc) is 2.65. The standard InChI is InChI=1S/C18H19NOS.ClH/c19-16-11-10-14-8-4-5-9-15(14)18(17(16)20)21-12-13-6-2-1-3-7-13;/h1-9,16,18H,10-12,19H2;1H/t16-,18-;/m0./s1. The van der Waals surface area contributed by atoms with Gasteiger partial charge in [0.05, 0.1) is 11.3 Å². The van der Waals surface area contributed by atoms with Crippen molar-refractivity contribution in [2.45, 2.75) is 29.9 Å². The van der Waals surface area contributed by atoms with Crippen molar-refractivity contribution in [1.82, 2.24) is 0 Å². The van der Waals surface area contributed by atoms with E-state index in [0.717, 1.165) is 24.2 Å². The summed E-state index contributed by atoms with van der Waals surface area (Å²) in [5, 5.41) is -0.140. The molecule has 116 valence electrons. The summed E-state index contributed by atoms with van der Waals surface area (Å²) in [4.78, 5) is 12.6. The van der Waals surface area contributed by atoms with E-state index in [4.69, 9.17) is 5.73 Å². The van der Waals surface area contributed by atoms with Crippen LogP contribution in [0, 0.1) is 0 Å². The van der Waals surface area contributed by atoms with Crippen molar-refractivity contribution >= 4 is 30.0 Å². The smallest absolute Gasteiger partial charge is 0.166 e. The maximum atomic E-state index is 12.6. The number of carbonyl (C=O) groups excluding carboxylic acids is 1.